The average Bonchev–Trinajstić information content (AvgIpc) is 3.45. The highest BCUT2D eigenvalue weighted by Gasteiger charge is 2.34. The van der Waals surface area contributed by atoms with Crippen molar-refractivity contribution in [2.45, 2.75) is 20.0 Å². The number of allylic oxidation sites excluding steroid dienone is 1. The standard InChI is InChI=1S/C27H22ClF3N4O2S/c1-16-10-22(17(2)35(16)25-9-4-3-8-23(25)27(29,30)31)26(36)33-19-6-5-7-21(12-19)37-15-18-11-20-13-32-38-34(20)14-24(18)28/h3-14,32H,15H2,1-2H3,(H,33,36). The van der Waals surface area contributed by atoms with Gasteiger partial charge in [0.2, 0.25) is 0 Å². The summed E-state index contributed by atoms with van der Waals surface area (Å²) in [6, 6.07) is 13.8. The first kappa shape index (κ1) is 25.9. The molecule has 0 fully saturated rings. The average molecular weight is 559 g/mol. The maximum absolute atomic E-state index is 13.6. The number of ether oxygens (including phenoxy) is 1. The lowest BCUT2D eigenvalue weighted by molar-refractivity contribution is -0.137. The first-order valence-electron chi connectivity index (χ1n) is 11.5. The van der Waals surface area contributed by atoms with Crippen LogP contribution < -0.4 is 14.8 Å². The van der Waals surface area contributed by atoms with Gasteiger partial charge < -0.3 is 19.3 Å². The molecule has 0 aliphatic carbocycles. The summed E-state index contributed by atoms with van der Waals surface area (Å²) in [4.78, 5) is 13.1. The van der Waals surface area contributed by atoms with Crippen molar-refractivity contribution >= 4 is 35.3 Å². The number of alkyl halides is 3. The SMILES string of the molecule is Cc1cc(C(=O)Nc2cccc(OCC3=CC4=CNSN4C=C3Cl)c2)c(C)n1-c1ccccc1C(F)(F)F. The van der Waals surface area contributed by atoms with Gasteiger partial charge in [-0.2, -0.15) is 13.2 Å². The fourth-order valence-electron chi connectivity index (χ4n) is 4.30. The van der Waals surface area contributed by atoms with E-state index in [1.807, 2.05) is 16.6 Å². The second-order valence-electron chi connectivity index (χ2n) is 8.66. The number of amides is 1. The van der Waals surface area contributed by atoms with E-state index in [1.165, 1.54) is 34.9 Å². The third-order valence-corrected chi connectivity index (χ3v) is 7.16. The van der Waals surface area contributed by atoms with E-state index in [4.69, 9.17) is 16.3 Å². The molecule has 2 aliphatic heterocycles. The van der Waals surface area contributed by atoms with E-state index in [2.05, 4.69) is 10.0 Å². The highest BCUT2D eigenvalue weighted by molar-refractivity contribution is 7.95. The van der Waals surface area contributed by atoms with E-state index in [-0.39, 0.29) is 17.9 Å². The molecule has 0 saturated carbocycles. The zero-order chi connectivity index (χ0) is 27.0. The van der Waals surface area contributed by atoms with Gasteiger partial charge in [-0.15, -0.1) is 0 Å². The zero-order valence-electron chi connectivity index (χ0n) is 20.3. The van der Waals surface area contributed by atoms with Crippen LogP contribution in [0.1, 0.15) is 27.3 Å². The molecule has 5 rings (SSSR count). The van der Waals surface area contributed by atoms with E-state index in [0.717, 1.165) is 17.3 Å². The summed E-state index contributed by atoms with van der Waals surface area (Å²) in [5, 5.41) is 3.38. The van der Waals surface area contributed by atoms with Gasteiger partial charge in [0.1, 0.15) is 12.4 Å². The van der Waals surface area contributed by atoms with E-state index in [0.29, 0.717) is 27.9 Å². The van der Waals surface area contributed by atoms with E-state index < -0.39 is 17.6 Å². The Hall–Kier alpha value is -3.76. The molecule has 0 bridgehead atoms. The summed E-state index contributed by atoms with van der Waals surface area (Å²) < 4.78 is 53.2. The predicted molar refractivity (Wildman–Crippen MR) is 143 cm³/mol. The van der Waals surface area contributed by atoms with Crippen LogP contribution in [-0.2, 0) is 6.18 Å². The fraction of sp³-hybridized carbons (Fsp3) is 0.148. The van der Waals surface area contributed by atoms with Gasteiger partial charge in [0.05, 0.1) is 39.7 Å². The third kappa shape index (κ3) is 5.14. The maximum atomic E-state index is 13.6. The summed E-state index contributed by atoms with van der Waals surface area (Å²) in [6.45, 7) is 3.52. The van der Waals surface area contributed by atoms with Gasteiger partial charge >= 0.3 is 6.18 Å². The summed E-state index contributed by atoms with van der Waals surface area (Å²) in [5.74, 6) is 0.0818. The number of aryl methyl sites for hydroxylation is 1. The van der Waals surface area contributed by atoms with Crippen molar-refractivity contribution in [3.63, 3.8) is 0 Å². The lowest BCUT2D eigenvalue weighted by atomic mass is 10.1. The molecule has 196 valence electrons. The summed E-state index contributed by atoms with van der Waals surface area (Å²) in [6.07, 6.45) is 1.06. The number of nitrogens with one attached hydrogen (secondary N) is 2. The van der Waals surface area contributed by atoms with Crippen LogP contribution in [0.5, 0.6) is 5.75 Å². The Morgan fingerprint density at radius 1 is 1.13 bits per heavy atom. The predicted octanol–water partition coefficient (Wildman–Crippen LogP) is 7.07. The first-order valence-corrected chi connectivity index (χ1v) is 12.7. The van der Waals surface area contributed by atoms with Crippen LogP contribution in [0.3, 0.4) is 0 Å². The smallest absolute Gasteiger partial charge is 0.418 e. The van der Waals surface area contributed by atoms with Crippen molar-refractivity contribution in [2.75, 3.05) is 11.9 Å². The molecule has 2 aliphatic rings. The molecule has 6 nitrogen and oxygen atoms in total. The number of carbonyl (C=O) groups excluding carboxylic acids is 1. The molecule has 11 heteroatoms. The van der Waals surface area contributed by atoms with Crippen molar-refractivity contribution in [2.24, 2.45) is 0 Å². The molecular weight excluding hydrogens is 537 g/mol. The van der Waals surface area contributed by atoms with Crippen LogP contribution in [0.4, 0.5) is 18.9 Å². The van der Waals surface area contributed by atoms with Crippen molar-refractivity contribution in [1.82, 2.24) is 13.6 Å². The maximum Gasteiger partial charge on any atom is 0.418 e. The molecule has 2 N–H and O–H groups in total. The van der Waals surface area contributed by atoms with Crippen molar-refractivity contribution in [1.29, 1.82) is 0 Å². The molecule has 0 atom stereocenters. The van der Waals surface area contributed by atoms with E-state index in [9.17, 15) is 18.0 Å². The quantitative estimate of drug-likeness (QED) is 0.317. The number of hydrogen-bond acceptors (Lipinski definition) is 5. The van der Waals surface area contributed by atoms with E-state index in [1.54, 1.807) is 50.4 Å². The summed E-state index contributed by atoms with van der Waals surface area (Å²) in [7, 11) is 0. The highest BCUT2D eigenvalue weighted by Crippen LogP contribution is 2.36. The molecule has 3 aromatic rings. The van der Waals surface area contributed by atoms with Crippen molar-refractivity contribution in [3.05, 3.63) is 112 Å². The van der Waals surface area contributed by atoms with Crippen LogP contribution in [-0.4, -0.2) is 21.4 Å². The Kier molecular flexibility index (Phi) is 6.93. The minimum absolute atomic E-state index is 0.0277. The van der Waals surface area contributed by atoms with Crippen LogP contribution in [0.2, 0.25) is 0 Å². The summed E-state index contributed by atoms with van der Waals surface area (Å²) >= 11 is 7.78. The fourth-order valence-corrected chi connectivity index (χ4v) is 5.23. The molecule has 0 spiro atoms. The number of rotatable bonds is 6. The molecule has 3 heterocycles. The second-order valence-corrected chi connectivity index (χ2v) is 9.88. The number of anilines is 1. The Balaban J connectivity index is 1.32. The number of nitrogens with zero attached hydrogens (tertiary/aromatic N) is 2. The van der Waals surface area contributed by atoms with Crippen molar-refractivity contribution < 1.29 is 22.7 Å². The lowest BCUT2D eigenvalue weighted by Crippen LogP contribution is -2.15. The van der Waals surface area contributed by atoms with Crippen LogP contribution in [0.15, 0.2) is 89.4 Å². The van der Waals surface area contributed by atoms with Gasteiger partial charge in [-0.3, -0.25) is 9.10 Å². The van der Waals surface area contributed by atoms with Gasteiger partial charge in [-0.25, -0.2) is 0 Å². The van der Waals surface area contributed by atoms with E-state index >= 15 is 0 Å². The van der Waals surface area contributed by atoms with Crippen LogP contribution >= 0.6 is 23.7 Å². The highest BCUT2D eigenvalue weighted by atomic mass is 35.5. The van der Waals surface area contributed by atoms with Crippen LogP contribution in [0, 0.1) is 13.8 Å². The molecule has 1 amide bonds. The monoisotopic (exact) mass is 558 g/mol. The Morgan fingerprint density at radius 2 is 1.92 bits per heavy atom. The number of para-hydroxylation sites is 1. The molecule has 0 saturated heterocycles. The largest absolute Gasteiger partial charge is 0.489 e. The minimum atomic E-state index is -4.53. The molecular formula is C27H22ClF3N4O2S. The van der Waals surface area contributed by atoms with Crippen LogP contribution in [0.25, 0.3) is 5.69 Å². The zero-order valence-corrected chi connectivity index (χ0v) is 21.8. The van der Waals surface area contributed by atoms with Gasteiger partial charge in [-0.05, 0) is 50.3 Å². The van der Waals surface area contributed by atoms with Crippen molar-refractivity contribution in [3.8, 4) is 11.4 Å². The molecule has 0 unspecified atom stereocenters. The molecule has 38 heavy (non-hydrogen) atoms. The molecule has 1 aromatic heterocycles. The number of carbonyl (C=O) groups is 1. The number of benzene rings is 2. The number of fused-ring (bicyclic) bond motifs is 1. The third-order valence-electron chi connectivity index (χ3n) is 6.08. The first-order chi connectivity index (χ1) is 18.1. The van der Waals surface area contributed by atoms with Gasteiger partial charge in [-0.1, -0.05) is 29.8 Å². The van der Waals surface area contributed by atoms with Gasteiger partial charge in [0.25, 0.3) is 5.91 Å². The van der Waals surface area contributed by atoms with Gasteiger partial charge in [0.15, 0.2) is 0 Å². The second kappa shape index (κ2) is 10.2. The Morgan fingerprint density at radius 3 is 2.71 bits per heavy atom. The normalized spacial score (nSPS) is 14.8. The Bertz CT molecular complexity index is 1510. The minimum Gasteiger partial charge on any atom is -0.489 e. The lowest BCUT2D eigenvalue weighted by Gasteiger charge is -2.20. The molecule has 0 radical (unpaired) electrons. The number of halogens is 4. The summed E-state index contributed by atoms with van der Waals surface area (Å²) in [5.41, 5.74) is 2.63. The number of hydrogen-bond donors (Lipinski definition) is 2. The van der Waals surface area contributed by atoms with Gasteiger partial charge in [0, 0.05) is 41.1 Å². The molecule has 2 aromatic carbocycles. The number of aromatic nitrogens is 1. The topological polar surface area (TPSA) is 58.5 Å². The Labute approximate surface area is 226 Å².